The van der Waals surface area contributed by atoms with Crippen molar-refractivity contribution in [3.05, 3.63) is 47.7 Å². The Bertz CT molecular complexity index is 725. The van der Waals surface area contributed by atoms with Crippen molar-refractivity contribution in [2.75, 3.05) is 6.79 Å². The maximum absolute atomic E-state index is 12.1. The van der Waals surface area contributed by atoms with E-state index in [1.807, 2.05) is 20.8 Å². The van der Waals surface area contributed by atoms with Crippen LogP contribution in [-0.4, -0.2) is 12.8 Å². The third-order valence-electron chi connectivity index (χ3n) is 4.87. The average molecular weight is 387 g/mol. The van der Waals surface area contributed by atoms with E-state index in [0.29, 0.717) is 0 Å². The highest BCUT2D eigenvalue weighted by atomic mass is 16.7. The Morgan fingerprint density at radius 2 is 2.00 bits per heavy atom. The number of aryl methyl sites for hydroxylation is 1. The SMILES string of the molecule is C=COc1cc(CCC)cc(OCOC(=O)C(C)(C)C)c1[C@@H]1C=C(C)CCC1. The standard InChI is InChI=1S/C24H34O4/c1-7-10-18-14-20(26-8-2)22(19-12-9-11-17(3)13-19)21(15-18)27-16-28-23(25)24(4,5)6/h8,13-15,19H,2,7,9-12,16H2,1,3-6H3/t19-/m0/s1. The van der Waals surface area contributed by atoms with Crippen LogP contribution < -0.4 is 9.47 Å². The van der Waals surface area contributed by atoms with Crippen LogP contribution in [0.5, 0.6) is 11.5 Å². The molecule has 0 unspecified atom stereocenters. The van der Waals surface area contributed by atoms with Gasteiger partial charge in [-0.2, -0.15) is 0 Å². The minimum Gasteiger partial charge on any atom is -0.465 e. The molecule has 154 valence electrons. The zero-order valence-corrected chi connectivity index (χ0v) is 18.0. The highest BCUT2D eigenvalue weighted by molar-refractivity contribution is 5.75. The molecule has 1 aliphatic rings. The Morgan fingerprint density at radius 3 is 2.61 bits per heavy atom. The molecule has 0 aromatic heterocycles. The third kappa shape index (κ3) is 5.88. The van der Waals surface area contributed by atoms with Crippen LogP contribution >= 0.6 is 0 Å². The highest BCUT2D eigenvalue weighted by Gasteiger charge is 2.25. The summed E-state index contributed by atoms with van der Waals surface area (Å²) in [6, 6.07) is 4.13. The van der Waals surface area contributed by atoms with Gasteiger partial charge in [-0.15, -0.1) is 0 Å². The summed E-state index contributed by atoms with van der Waals surface area (Å²) in [6.07, 6.45) is 8.99. The maximum atomic E-state index is 12.1. The summed E-state index contributed by atoms with van der Waals surface area (Å²) in [6.45, 7) is 13.4. The molecule has 0 aliphatic heterocycles. The number of carbonyl (C=O) groups is 1. The number of hydrogen-bond donors (Lipinski definition) is 0. The lowest BCUT2D eigenvalue weighted by Crippen LogP contribution is -2.24. The average Bonchev–Trinajstić information content (AvgIpc) is 2.61. The number of allylic oxidation sites excluding steroid dienone is 2. The molecule has 2 rings (SSSR count). The first-order valence-electron chi connectivity index (χ1n) is 10.2. The fourth-order valence-electron chi connectivity index (χ4n) is 3.46. The fourth-order valence-corrected chi connectivity index (χ4v) is 3.46. The fraction of sp³-hybridized carbons (Fsp3) is 0.542. The minimum absolute atomic E-state index is 0.109. The molecule has 1 atom stereocenters. The molecule has 0 saturated heterocycles. The summed E-state index contributed by atoms with van der Waals surface area (Å²) in [5.41, 5.74) is 2.96. The Kier molecular flexibility index (Phi) is 7.73. The van der Waals surface area contributed by atoms with Gasteiger partial charge in [0.25, 0.3) is 0 Å². The Balaban J connectivity index is 2.37. The van der Waals surface area contributed by atoms with Crippen molar-refractivity contribution < 1.29 is 19.0 Å². The van der Waals surface area contributed by atoms with Crippen LogP contribution in [0.1, 0.15) is 77.3 Å². The van der Waals surface area contributed by atoms with Crippen molar-refractivity contribution in [2.24, 2.45) is 5.41 Å². The highest BCUT2D eigenvalue weighted by Crippen LogP contribution is 2.43. The Morgan fingerprint density at radius 1 is 1.29 bits per heavy atom. The largest absolute Gasteiger partial charge is 0.465 e. The van der Waals surface area contributed by atoms with E-state index in [9.17, 15) is 4.79 Å². The summed E-state index contributed by atoms with van der Waals surface area (Å²) in [7, 11) is 0. The molecule has 0 bridgehead atoms. The molecule has 0 saturated carbocycles. The van der Waals surface area contributed by atoms with Crippen molar-refractivity contribution in [1.29, 1.82) is 0 Å². The number of esters is 1. The molecular formula is C24H34O4. The van der Waals surface area contributed by atoms with E-state index in [-0.39, 0.29) is 18.7 Å². The van der Waals surface area contributed by atoms with Crippen LogP contribution in [0.25, 0.3) is 0 Å². The molecule has 0 fully saturated rings. The van der Waals surface area contributed by atoms with Crippen LogP contribution in [0, 0.1) is 5.41 Å². The summed E-state index contributed by atoms with van der Waals surface area (Å²) in [5.74, 6) is 1.43. The van der Waals surface area contributed by atoms with Crippen molar-refractivity contribution in [3.8, 4) is 11.5 Å². The number of rotatable bonds is 8. The van der Waals surface area contributed by atoms with Crippen molar-refractivity contribution in [3.63, 3.8) is 0 Å². The van der Waals surface area contributed by atoms with Crippen LogP contribution in [0.2, 0.25) is 0 Å². The van der Waals surface area contributed by atoms with Crippen LogP contribution in [-0.2, 0) is 16.0 Å². The molecule has 0 spiro atoms. The molecule has 0 radical (unpaired) electrons. The van der Waals surface area contributed by atoms with Gasteiger partial charge in [-0.05, 0) is 71.1 Å². The molecule has 1 aromatic carbocycles. The molecule has 28 heavy (non-hydrogen) atoms. The topological polar surface area (TPSA) is 44.8 Å². The van der Waals surface area contributed by atoms with E-state index in [0.717, 1.165) is 54.7 Å². The zero-order chi connectivity index (χ0) is 20.7. The minimum atomic E-state index is -0.559. The molecule has 4 heteroatoms. The van der Waals surface area contributed by atoms with Crippen LogP contribution in [0.15, 0.2) is 36.6 Å². The first-order valence-corrected chi connectivity index (χ1v) is 10.2. The molecule has 0 amide bonds. The van der Waals surface area contributed by atoms with Crippen LogP contribution in [0.3, 0.4) is 0 Å². The number of hydrogen-bond acceptors (Lipinski definition) is 4. The summed E-state index contributed by atoms with van der Waals surface area (Å²) in [5, 5.41) is 0. The maximum Gasteiger partial charge on any atom is 0.314 e. The summed E-state index contributed by atoms with van der Waals surface area (Å²) in [4.78, 5) is 12.1. The van der Waals surface area contributed by atoms with Gasteiger partial charge in [0, 0.05) is 11.5 Å². The van der Waals surface area contributed by atoms with Gasteiger partial charge >= 0.3 is 5.97 Å². The van der Waals surface area contributed by atoms with Crippen molar-refractivity contribution in [1.82, 2.24) is 0 Å². The van der Waals surface area contributed by atoms with Gasteiger partial charge in [0.15, 0.2) is 0 Å². The molecule has 0 N–H and O–H groups in total. The normalized spacial score (nSPS) is 16.9. The van der Waals surface area contributed by atoms with E-state index in [1.54, 1.807) is 0 Å². The van der Waals surface area contributed by atoms with Gasteiger partial charge in [-0.25, -0.2) is 0 Å². The number of benzene rings is 1. The second kappa shape index (κ2) is 9.81. The lowest BCUT2D eigenvalue weighted by molar-refractivity contribution is -0.159. The Hall–Kier alpha value is -2.23. The lowest BCUT2D eigenvalue weighted by Gasteiger charge is -2.25. The van der Waals surface area contributed by atoms with E-state index >= 15 is 0 Å². The number of carbonyl (C=O) groups excluding carboxylic acids is 1. The van der Waals surface area contributed by atoms with Crippen molar-refractivity contribution >= 4 is 5.97 Å². The Labute approximate surface area is 169 Å². The van der Waals surface area contributed by atoms with Gasteiger partial charge < -0.3 is 14.2 Å². The predicted molar refractivity (Wildman–Crippen MR) is 113 cm³/mol. The van der Waals surface area contributed by atoms with Gasteiger partial charge in [-0.3, -0.25) is 4.79 Å². The summed E-state index contributed by atoms with van der Waals surface area (Å²) >= 11 is 0. The van der Waals surface area contributed by atoms with E-state index in [1.165, 1.54) is 11.8 Å². The third-order valence-corrected chi connectivity index (χ3v) is 4.87. The lowest BCUT2D eigenvalue weighted by atomic mass is 9.84. The molecule has 1 aromatic rings. The van der Waals surface area contributed by atoms with Crippen LogP contribution in [0.4, 0.5) is 0 Å². The van der Waals surface area contributed by atoms with Gasteiger partial charge in [0.1, 0.15) is 11.5 Å². The second-order valence-electron chi connectivity index (χ2n) is 8.50. The number of ether oxygens (including phenoxy) is 3. The zero-order valence-electron chi connectivity index (χ0n) is 18.0. The van der Waals surface area contributed by atoms with E-state index in [2.05, 4.69) is 38.6 Å². The molecule has 0 heterocycles. The summed E-state index contributed by atoms with van der Waals surface area (Å²) < 4.78 is 17.1. The smallest absolute Gasteiger partial charge is 0.314 e. The molecule has 1 aliphatic carbocycles. The quantitative estimate of drug-likeness (QED) is 0.228. The predicted octanol–water partition coefficient (Wildman–Crippen LogP) is 6.30. The van der Waals surface area contributed by atoms with Gasteiger partial charge in [0.2, 0.25) is 6.79 Å². The molecular weight excluding hydrogens is 352 g/mol. The molecule has 4 nitrogen and oxygen atoms in total. The van der Waals surface area contributed by atoms with Gasteiger partial charge in [0.05, 0.1) is 11.7 Å². The van der Waals surface area contributed by atoms with Gasteiger partial charge in [-0.1, -0.05) is 31.6 Å². The first-order chi connectivity index (χ1) is 13.3. The second-order valence-corrected chi connectivity index (χ2v) is 8.50. The monoisotopic (exact) mass is 386 g/mol. The van der Waals surface area contributed by atoms with Crippen molar-refractivity contribution in [2.45, 2.75) is 72.6 Å². The van der Waals surface area contributed by atoms with E-state index in [4.69, 9.17) is 14.2 Å². The first kappa shape index (κ1) is 22.1. The van der Waals surface area contributed by atoms with E-state index < -0.39 is 5.41 Å².